The molecule has 0 saturated carbocycles. The normalized spacial score (nSPS) is 35.9. The molecular weight excluding hydrogens is 729 g/mol. The molecule has 7 heterocycles. The molecule has 0 amide bonds. The molecule has 0 spiro atoms. The van der Waals surface area contributed by atoms with Crippen LogP contribution in [0.15, 0.2) is 25.3 Å². The zero-order valence-corrected chi connectivity index (χ0v) is 27.3. The molecule has 4 aromatic rings. The number of hydrogen-bond acceptors (Lipinski definition) is 19. The van der Waals surface area contributed by atoms with Gasteiger partial charge in [-0.05, 0) is 0 Å². The Hall–Kier alpha value is -3.22. The highest BCUT2D eigenvalue weighted by atomic mass is 32.7. The van der Waals surface area contributed by atoms with E-state index in [-0.39, 0.29) is 34.0 Å². The number of alkyl halides is 1. The Morgan fingerprint density at radius 2 is 1.35 bits per heavy atom. The first kappa shape index (κ1) is 33.3. The summed E-state index contributed by atoms with van der Waals surface area (Å²) in [6.45, 7) is -10.3. The lowest BCUT2D eigenvalue weighted by Gasteiger charge is -2.28. The minimum atomic E-state index is -4.48. The van der Waals surface area contributed by atoms with Crippen LogP contribution >= 0.6 is 38.1 Å². The second kappa shape index (κ2) is 12.6. The van der Waals surface area contributed by atoms with E-state index in [1.54, 1.807) is 0 Å². The highest BCUT2D eigenvalue weighted by Crippen LogP contribution is 2.60. The number of anilines is 2. The van der Waals surface area contributed by atoms with Crippen molar-refractivity contribution in [2.75, 3.05) is 24.7 Å². The maximum absolute atomic E-state index is 16.1. The van der Waals surface area contributed by atoms with E-state index in [0.717, 1.165) is 12.7 Å². The number of rotatable bonds is 4. The Morgan fingerprint density at radius 1 is 0.854 bits per heavy atom. The molecule has 0 unspecified atom stereocenters. The largest absolute Gasteiger partial charge is 0.537 e. The summed E-state index contributed by atoms with van der Waals surface area (Å²) in [6, 6.07) is 0. The summed E-state index contributed by atoms with van der Waals surface area (Å²) < 4.78 is 79.8. The number of ether oxygens (including phenoxy) is 2. The van der Waals surface area contributed by atoms with E-state index in [1.165, 1.54) is 21.8 Å². The van der Waals surface area contributed by atoms with Crippen LogP contribution in [0.3, 0.4) is 0 Å². The van der Waals surface area contributed by atoms with Crippen LogP contribution in [0.5, 0.6) is 0 Å². The third-order valence-corrected chi connectivity index (χ3v) is 10.6. The topological polar surface area (TPSA) is 285 Å². The second-order valence-corrected chi connectivity index (χ2v) is 16.1. The fraction of sp³-hybridized carbons (Fsp3) is 0.476. The molecule has 0 bridgehead atoms. The molecule has 0 radical (unpaired) electrons. The van der Waals surface area contributed by atoms with Gasteiger partial charge in [-0.25, -0.2) is 48.2 Å². The predicted molar refractivity (Wildman–Crippen MR) is 161 cm³/mol. The van der Waals surface area contributed by atoms with Gasteiger partial charge in [0.1, 0.15) is 48.1 Å². The summed E-state index contributed by atoms with van der Waals surface area (Å²) in [5, 5.41) is 9.16. The summed E-state index contributed by atoms with van der Waals surface area (Å²) in [5.41, 5.74) is 12.3. The predicted octanol–water partition coefficient (Wildman–Crippen LogP) is 1.85. The van der Waals surface area contributed by atoms with Gasteiger partial charge in [-0.3, -0.25) is 32.1 Å². The summed E-state index contributed by atoms with van der Waals surface area (Å²) in [4.78, 5) is 45.0. The van der Waals surface area contributed by atoms with Gasteiger partial charge in [-0.1, -0.05) is 24.5 Å². The van der Waals surface area contributed by atoms with Gasteiger partial charge in [0, 0.05) is 0 Å². The van der Waals surface area contributed by atoms with Crippen molar-refractivity contribution in [2.24, 2.45) is 0 Å². The van der Waals surface area contributed by atoms with Gasteiger partial charge in [0.25, 0.3) is 0 Å². The van der Waals surface area contributed by atoms with Crippen molar-refractivity contribution < 1.29 is 60.8 Å². The molecule has 0 aromatic carbocycles. The monoisotopic (exact) mass is 752 g/mol. The van der Waals surface area contributed by atoms with Crippen molar-refractivity contribution in [3.63, 3.8) is 0 Å². The fourth-order valence-electron chi connectivity index (χ4n) is 5.39. The molecule has 48 heavy (non-hydrogen) atoms. The van der Waals surface area contributed by atoms with E-state index in [1.807, 2.05) is 0 Å². The molecule has 4 aromatic heterocycles. The van der Waals surface area contributed by atoms with E-state index < -0.39 is 82.1 Å². The molecular formula is C21H23FN10O12P2S2. The van der Waals surface area contributed by atoms with E-state index in [9.17, 15) is 13.9 Å². The number of hydrogen-bond donors (Lipinski definition) is 5. The first-order chi connectivity index (χ1) is 22.8. The molecule has 10 atom stereocenters. The van der Waals surface area contributed by atoms with E-state index in [4.69, 9.17) is 49.0 Å². The van der Waals surface area contributed by atoms with Crippen molar-refractivity contribution in [3.05, 3.63) is 25.3 Å². The van der Waals surface area contributed by atoms with Gasteiger partial charge in [0.15, 0.2) is 47.7 Å². The summed E-state index contributed by atoms with van der Waals surface area (Å²) in [6.07, 6.45) is -9.61. The molecule has 27 heteroatoms. The number of nitrogens with two attached hydrogens (primary N) is 2. The van der Waals surface area contributed by atoms with Gasteiger partial charge >= 0.3 is 19.8 Å². The molecule has 0 aliphatic carbocycles. The first-order valence-corrected chi connectivity index (χ1v) is 18.9. The molecule has 22 nitrogen and oxygen atoms in total. The number of halogens is 1. The fourth-order valence-corrected chi connectivity index (χ4v) is 8.36. The Bertz CT molecular complexity index is 1980. The standard InChI is InChI=1S/C21H23FN10O12P2S2/c22-9-12-7(39-19(9)31-5-29-10-15(23)25-3-27-17(10)31)1-37-46(36,48)44-13-8(2-38-45(35,47)43-12)40-20(14(13)41-42-21(33)34)32-6-30-11-16(24)26-4-28-18(11)32/h3-9,12-14,19-20H,1-2H2,(H,33,34)(H,35,47)(H,36,48)(H2,23,25,27)(H2,24,26,28)/t7-,8-,9-,12-,13-,14-,19-,20-,45-,46-/m1/s1. The van der Waals surface area contributed by atoms with Crippen molar-refractivity contribution in [3.8, 4) is 0 Å². The lowest BCUT2D eigenvalue weighted by molar-refractivity contribution is -0.306. The number of fused-ring (bicyclic) bond motifs is 4. The maximum Gasteiger partial charge on any atom is 0.537 e. The highest BCUT2D eigenvalue weighted by Gasteiger charge is 2.55. The van der Waals surface area contributed by atoms with Crippen LogP contribution in [0.4, 0.5) is 20.8 Å². The van der Waals surface area contributed by atoms with E-state index in [2.05, 4.69) is 59.3 Å². The zero-order chi connectivity index (χ0) is 34.0. The Kier molecular flexibility index (Phi) is 8.73. The van der Waals surface area contributed by atoms with Crippen LogP contribution in [0.2, 0.25) is 0 Å². The van der Waals surface area contributed by atoms with Crippen LogP contribution in [0.25, 0.3) is 22.3 Å². The lowest BCUT2D eigenvalue weighted by atomic mass is 10.1. The minimum Gasteiger partial charge on any atom is -0.448 e. The van der Waals surface area contributed by atoms with Crippen molar-refractivity contribution in [1.82, 2.24) is 39.0 Å². The maximum atomic E-state index is 16.1. The van der Waals surface area contributed by atoms with Crippen molar-refractivity contribution >= 4 is 78.2 Å². The van der Waals surface area contributed by atoms with Crippen LogP contribution in [-0.2, 0) is 46.5 Å². The first-order valence-electron chi connectivity index (χ1n) is 13.5. The van der Waals surface area contributed by atoms with Gasteiger partial charge < -0.3 is 26.0 Å². The number of aromatic nitrogens is 8. The molecule has 7 rings (SSSR count). The molecule has 258 valence electrons. The summed E-state index contributed by atoms with van der Waals surface area (Å²) >= 11 is 8.08. The van der Waals surface area contributed by atoms with Gasteiger partial charge in [0.2, 0.25) is 0 Å². The van der Waals surface area contributed by atoms with Crippen molar-refractivity contribution in [2.45, 2.75) is 49.1 Å². The third-order valence-electron chi connectivity index (χ3n) is 7.42. The SMILES string of the molecule is Nc1ncnc2c1ncn2[C@@H]1O[C@@H]2CO[P@@](=O)(S)O[C@H]3[C@@H](OOC(=O)O)[C@H](n4cnc5c(N)ncnc54)O[C@@H]3CO[P@@](=O)(S)O[C@H]2[C@H]1F. The Labute approximate surface area is 276 Å². The molecule has 3 aliphatic heterocycles. The van der Waals surface area contributed by atoms with E-state index >= 15 is 4.39 Å². The molecule has 5 N–H and O–H groups in total. The average Bonchev–Trinajstić information content (AvgIpc) is 3.79. The average molecular weight is 753 g/mol. The van der Waals surface area contributed by atoms with Gasteiger partial charge in [-0.2, -0.15) is 4.89 Å². The summed E-state index contributed by atoms with van der Waals surface area (Å²) in [7, 11) is 0. The number of nitrogens with zero attached hydrogens (tertiary/aromatic N) is 8. The number of thiol groups is 2. The molecule has 3 aliphatic rings. The number of carboxylic acid groups (broad SMARTS) is 1. The van der Waals surface area contributed by atoms with Crippen LogP contribution in [0.1, 0.15) is 12.5 Å². The number of nitrogen functional groups attached to an aromatic ring is 2. The van der Waals surface area contributed by atoms with Crippen molar-refractivity contribution in [1.29, 1.82) is 0 Å². The van der Waals surface area contributed by atoms with Crippen LogP contribution in [0, 0.1) is 0 Å². The van der Waals surface area contributed by atoms with Crippen LogP contribution in [-0.4, -0.2) is 100 Å². The van der Waals surface area contributed by atoms with Crippen LogP contribution < -0.4 is 11.5 Å². The molecule has 3 fully saturated rings. The highest BCUT2D eigenvalue weighted by molar-refractivity contribution is 8.44. The Balaban J connectivity index is 1.20. The van der Waals surface area contributed by atoms with E-state index in [0.29, 0.717) is 0 Å². The van der Waals surface area contributed by atoms with Gasteiger partial charge in [-0.15, -0.1) is 0 Å². The minimum absolute atomic E-state index is 0.0169. The lowest BCUT2D eigenvalue weighted by Crippen LogP contribution is -2.39. The summed E-state index contributed by atoms with van der Waals surface area (Å²) in [5.74, 6) is 0.0487. The number of imidazole rings is 2. The number of carbonyl (C=O) groups is 1. The smallest absolute Gasteiger partial charge is 0.448 e. The zero-order valence-electron chi connectivity index (χ0n) is 23.7. The molecule has 3 saturated heterocycles. The quantitative estimate of drug-likeness (QED) is 0.0860. The second-order valence-electron chi connectivity index (χ2n) is 10.3. The van der Waals surface area contributed by atoms with Gasteiger partial charge in [0.05, 0.1) is 25.9 Å². The third kappa shape index (κ3) is 6.20. The Morgan fingerprint density at radius 3 is 1.92 bits per heavy atom.